The molecule has 0 radical (unpaired) electrons. The molecule has 1 aliphatic rings. The van der Waals surface area contributed by atoms with Crippen molar-refractivity contribution in [1.82, 2.24) is 10.2 Å². The predicted molar refractivity (Wildman–Crippen MR) is 191 cm³/mol. The molecule has 1 fully saturated rings. The van der Waals surface area contributed by atoms with E-state index in [-0.39, 0.29) is 37.0 Å². The largest absolute Gasteiger partial charge is 0.497 e. The molecule has 0 saturated carbocycles. The number of likely N-dealkylation sites (tertiary alicyclic amines) is 1. The molecule has 2 atom stereocenters. The van der Waals surface area contributed by atoms with Gasteiger partial charge in [0.1, 0.15) is 29.0 Å². The second kappa shape index (κ2) is 17.9. The van der Waals surface area contributed by atoms with E-state index in [0.717, 1.165) is 11.1 Å². The summed E-state index contributed by atoms with van der Waals surface area (Å²) in [5.74, 6) is 0.0108. The Balaban J connectivity index is 1.56. The average Bonchev–Trinajstić information content (AvgIpc) is 3.31. The molecule has 13 heteroatoms. The molecular formula is C39H48N2O11. The van der Waals surface area contributed by atoms with Gasteiger partial charge in [-0.1, -0.05) is 12.1 Å². The molecule has 0 spiro atoms. The van der Waals surface area contributed by atoms with Crippen molar-refractivity contribution in [2.45, 2.75) is 65.2 Å². The number of benzene rings is 3. The topological polar surface area (TPSA) is 148 Å². The van der Waals surface area contributed by atoms with Crippen LogP contribution in [0.25, 0.3) is 0 Å². The molecule has 280 valence electrons. The van der Waals surface area contributed by atoms with Crippen LogP contribution in [-0.2, 0) is 18.9 Å². The number of ketones is 1. The lowest BCUT2D eigenvalue weighted by Gasteiger charge is -2.30. The number of rotatable bonds is 13. The summed E-state index contributed by atoms with van der Waals surface area (Å²) in [4.78, 5) is 55.4. The van der Waals surface area contributed by atoms with Crippen molar-refractivity contribution >= 4 is 23.8 Å². The van der Waals surface area contributed by atoms with Gasteiger partial charge < -0.3 is 43.4 Å². The van der Waals surface area contributed by atoms with Crippen molar-refractivity contribution in [3.05, 3.63) is 88.0 Å². The Bertz CT molecular complexity index is 1710. The van der Waals surface area contributed by atoms with Crippen molar-refractivity contribution in [1.29, 1.82) is 0 Å². The maximum Gasteiger partial charge on any atom is 0.410 e. The third kappa shape index (κ3) is 10.5. The van der Waals surface area contributed by atoms with E-state index in [1.807, 2.05) is 13.8 Å². The number of ether oxygens (including phenoxy) is 7. The summed E-state index contributed by atoms with van der Waals surface area (Å²) in [6.07, 6.45) is -0.449. The average molecular weight is 721 g/mol. The van der Waals surface area contributed by atoms with Crippen molar-refractivity contribution in [3.63, 3.8) is 0 Å². The summed E-state index contributed by atoms with van der Waals surface area (Å²) in [5, 5.41) is 3.01. The maximum atomic E-state index is 13.7. The molecule has 1 aliphatic heterocycles. The molecule has 1 N–H and O–H groups in total. The highest BCUT2D eigenvalue weighted by Gasteiger charge is 2.35. The van der Waals surface area contributed by atoms with Crippen LogP contribution in [-0.4, -0.2) is 94.4 Å². The first-order chi connectivity index (χ1) is 24.7. The molecule has 0 aromatic heterocycles. The van der Waals surface area contributed by atoms with Gasteiger partial charge in [-0.3, -0.25) is 9.59 Å². The van der Waals surface area contributed by atoms with Crippen LogP contribution >= 0.6 is 0 Å². The van der Waals surface area contributed by atoms with Gasteiger partial charge in [0.25, 0.3) is 5.91 Å². The smallest absolute Gasteiger partial charge is 0.410 e. The zero-order valence-corrected chi connectivity index (χ0v) is 31.0. The molecule has 13 nitrogen and oxygen atoms in total. The zero-order valence-electron chi connectivity index (χ0n) is 31.0. The minimum absolute atomic E-state index is 0.0487. The van der Waals surface area contributed by atoms with Crippen LogP contribution in [0.5, 0.6) is 17.2 Å². The monoisotopic (exact) mass is 720 g/mol. The van der Waals surface area contributed by atoms with Crippen LogP contribution in [0.4, 0.5) is 4.79 Å². The predicted octanol–water partition coefficient (Wildman–Crippen LogP) is 5.86. The Morgan fingerprint density at radius 3 is 2.08 bits per heavy atom. The number of amides is 2. The van der Waals surface area contributed by atoms with Crippen LogP contribution in [0, 0.1) is 13.8 Å². The number of nitrogens with one attached hydrogen (secondary N) is 1. The highest BCUT2D eigenvalue weighted by Crippen LogP contribution is 2.28. The number of hydrogen-bond acceptors (Lipinski definition) is 11. The van der Waals surface area contributed by atoms with Gasteiger partial charge in [0.05, 0.1) is 24.3 Å². The van der Waals surface area contributed by atoms with Crippen LogP contribution in [0.15, 0.2) is 54.6 Å². The third-order valence-corrected chi connectivity index (χ3v) is 8.20. The Morgan fingerprint density at radius 1 is 0.827 bits per heavy atom. The lowest BCUT2D eigenvalue weighted by molar-refractivity contribution is 0.0127. The molecule has 4 rings (SSSR count). The molecule has 0 unspecified atom stereocenters. The van der Waals surface area contributed by atoms with Crippen LogP contribution < -0.4 is 19.5 Å². The second-order valence-electron chi connectivity index (χ2n) is 13.4. The van der Waals surface area contributed by atoms with E-state index >= 15 is 0 Å². The lowest BCUT2D eigenvalue weighted by Crippen LogP contribution is -2.51. The van der Waals surface area contributed by atoms with E-state index in [0.29, 0.717) is 47.8 Å². The number of aryl methyl sites for hydroxylation is 2. The SMILES string of the molecule is COCOc1ccc(OC)cc1C(=O)c1ccc(C(=O)O[C@@H]2CCCN(C(=O)OC(C)(C)C)C[C@H]2NC(=O)c2cc(C)c(OCOC)c(C)c2)cc1. The molecule has 1 saturated heterocycles. The van der Waals surface area contributed by atoms with E-state index in [1.165, 1.54) is 50.5 Å². The first kappa shape index (κ1) is 39.6. The van der Waals surface area contributed by atoms with Gasteiger partial charge in [0, 0.05) is 38.4 Å². The highest BCUT2D eigenvalue weighted by molar-refractivity contribution is 6.11. The fraction of sp³-hybridized carbons (Fsp3) is 0.436. The van der Waals surface area contributed by atoms with Crippen molar-refractivity contribution in [2.24, 2.45) is 0 Å². The number of nitrogens with zero attached hydrogens (tertiary/aromatic N) is 1. The summed E-state index contributed by atoms with van der Waals surface area (Å²) >= 11 is 0. The van der Waals surface area contributed by atoms with Crippen LogP contribution in [0.3, 0.4) is 0 Å². The van der Waals surface area contributed by atoms with Gasteiger partial charge in [-0.15, -0.1) is 0 Å². The molecule has 0 aliphatic carbocycles. The number of carbonyl (C=O) groups is 4. The summed E-state index contributed by atoms with van der Waals surface area (Å²) in [7, 11) is 4.50. The van der Waals surface area contributed by atoms with E-state index in [1.54, 1.807) is 51.1 Å². The van der Waals surface area contributed by atoms with Gasteiger partial charge in [-0.25, -0.2) is 9.59 Å². The van der Waals surface area contributed by atoms with Crippen molar-refractivity contribution in [3.8, 4) is 17.2 Å². The number of esters is 1. The van der Waals surface area contributed by atoms with E-state index in [2.05, 4.69) is 5.32 Å². The molecular weight excluding hydrogens is 672 g/mol. The van der Waals surface area contributed by atoms with E-state index in [4.69, 9.17) is 33.2 Å². The number of methoxy groups -OCH3 is 3. The lowest BCUT2D eigenvalue weighted by atomic mass is 10.0. The van der Waals surface area contributed by atoms with Gasteiger partial charge in [-0.2, -0.15) is 0 Å². The quantitative estimate of drug-likeness (QED) is 0.129. The normalized spacial score (nSPS) is 16.0. The molecule has 1 heterocycles. The molecule has 52 heavy (non-hydrogen) atoms. The van der Waals surface area contributed by atoms with Gasteiger partial charge in [0.2, 0.25) is 0 Å². The van der Waals surface area contributed by atoms with Gasteiger partial charge in [0.15, 0.2) is 19.4 Å². The van der Waals surface area contributed by atoms with E-state index < -0.39 is 35.7 Å². The summed E-state index contributed by atoms with van der Waals surface area (Å²) in [5.41, 5.74) is 1.92. The third-order valence-electron chi connectivity index (χ3n) is 8.20. The number of hydrogen-bond donors (Lipinski definition) is 1. The summed E-state index contributed by atoms with van der Waals surface area (Å²) in [6, 6.07) is 13.6. The Kier molecular flexibility index (Phi) is 13.6. The Hall–Kier alpha value is -5.14. The van der Waals surface area contributed by atoms with Crippen LogP contribution in [0.1, 0.15) is 81.4 Å². The highest BCUT2D eigenvalue weighted by atomic mass is 16.7. The minimum Gasteiger partial charge on any atom is -0.497 e. The van der Waals surface area contributed by atoms with Crippen molar-refractivity contribution < 1.29 is 52.3 Å². The standard InChI is InChI=1S/C39H48N2O11/c1-24-18-28(19-25(2)35(24)50-23-47-7)36(43)40-31-21-41(38(45)52-39(3,4)5)17-9-10-33(31)51-37(44)27-13-11-26(12-14-27)34(42)30-20-29(48-8)15-16-32(30)49-22-46-6/h11-16,18-20,31,33H,9-10,17,21-23H2,1-8H3,(H,40,43)/t31-,33-/m1/s1. The molecule has 2 amide bonds. The van der Waals surface area contributed by atoms with Crippen LogP contribution in [0.2, 0.25) is 0 Å². The first-order valence-corrected chi connectivity index (χ1v) is 16.9. The Labute approximate surface area is 304 Å². The maximum absolute atomic E-state index is 13.7. The molecule has 3 aromatic rings. The Morgan fingerprint density at radius 2 is 1.46 bits per heavy atom. The molecule has 3 aromatic carbocycles. The van der Waals surface area contributed by atoms with E-state index in [9.17, 15) is 19.2 Å². The number of carbonyl (C=O) groups excluding carboxylic acids is 4. The minimum atomic E-state index is -0.783. The molecule has 0 bridgehead atoms. The summed E-state index contributed by atoms with van der Waals surface area (Å²) in [6.45, 7) is 9.41. The fourth-order valence-electron chi connectivity index (χ4n) is 5.76. The van der Waals surface area contributed by atoms with Gasteiger partial charge in [-0.05, 0) is 101 Å². The second-order valence-corrected chi connectivity index (χ2v) is 13.4. The van der Waals surface area contributed by atoms with Crippen molar-refractivity contribution in [2.75, 3.05) is 48.0 Å². The fourth-order valence-corrected chi connectivity index (χ4v) is 5.76. The summed E-state index contributed by atoms with van der Waals surface area (Å²) < 4.78 is 38.2. The zero-order chi connectivity index (χ0) is 38.0. The van der Waals surface area contributed by atoms with Gasteiger partial charge >= 0.3 is 12.1 Å². The first-order valence-electron chi connectivity index (χ1n) is 16.9.